The molecule has 0 unspecified atom stereocenters. The molecule has 0 aromatic rings. The normalized spacial score (nSPS) is 12.2. The Morgan fingerprint density at radius 1 is 0.750 bits per heavy atom. The second kappa shape index (κ2) is 5.71. The van der Waals surface area contributed by atoms with Gasteiger partial charge < -0.3 is 7.58 Å². The molecular formula is C8H20AlLiO2. The van der Waals surface area contributed by atoms with E-state index >= 15 is 0 Å². The molecule has 0 saturated heterocycles. The van der Waals surface area contributed by atoms with Crippen molar-refractivity contribution >= 4 is 34.7 Å². The van der Waals surface area contributed by atoms with Gasteiger partial charge in [-0.3, -0.25) is 0 Å². The molecule has 68 valence electrons. The summed E-state index contributed by atoms with van der Waals surface area (Å²) in [6.07, 6.45) is 0. The van der Waals surface area contributed by atoms with Gasteiger partial charge in [-0.25, -0.2) is 0 Å². The van der Waals surface area contributed by atoms with E-state index in [0.717, 1.165) is 0 Å². The van der Waals surface area contributed by atoms with Crippen molar-refractivity contribution < 1.29 is 7.58 Å². The van der Waals surface area contributed by atoms with Crippen LogP contribution in [0.5, 0.6) is 0 Å². The summed E-state index contributed by atoms with van der Waals surface area (Å²) in [6, 6.07) is 0. The monoisotopic (exact) mass is 182 g/mol. The zero-order valence-corrected chi connectivity index (χ0v) is 9.94. The minimum absolute atomic E-state index is 0. The molecule has 0 aromatic carbocycles. The van der Waals surface area contributed by atoms with Crippen molar-refractivity contribution in [3.05, 3.63) is 0 Å². The first-order chi connectivity index (χ1) is 4.71. The Morgan fingerprint density at radius 2 is 1.00 bits per heavy atom. The Labute approximate surface area is 94.9 Å². The predicted molar refractivity (Wildman–Crippen MR) is 56.0 cm³/mol. The molecule has 0 rings (SSSR count). The summed E-state index contributed by atoms with van der Waals surface area (Å²) in [5.41, 5.74) is -0.0883. The molecule has 0 heterocycles. The second-order valence-corrected chi connectivity index (χ2v) is 5.44. The summed E-state index contributed by atoms with van der Waals surface area (Å²) < 4.78 is 11.0. The standard InChI is InChI=1S/2C4H9O.Al.Li.2H/c2*1-4(2,3)5;;;;/h2*1-3H3;;;;/q2*-1;+2;;;. The zero-order valence-electron chi connectivity index (χ0n) is 8.52. The molecule has 0 aromatic heterocycles. The number of rotatable bonds is 2. The molecule has 0 amide bonds. The van der Waals surface area contributed by atoms with Crippen LogP contribution < -0.4 is 0 Å². The molecule has 0 fully saturated rings. The van der Waals surface area contributed by atoms with E-state index in [1.807, 2.05) is 41.5 Å². The maximum atomic E-state index is 5.52. The van der Waals surface area contributed by atoms with Crippen molar-refractivity contribution in [2.45, 2.75) is 52.7 Å². The molecule has 0 aliphatic rings. The summed E-state index contributed by atoms with van der Waals surface area (Å²) in [5.74, 6) is 0. The summed E-state index contributed by atoms with van der Waals surface area (Å²) in [5, 5.41) is 0. The van der Waals surface area contributed by atoms with Gasteiger partial charge in [0.05, 0.1) is 0 Å². The van der Waals surface area contributed by atoms with Crippen LogP contribution in [0.25, 0.3) is 0 Å². The van der Waals surface area contributed by atoms with E-state index in [1.54, 1.807) is 0 Å². The van der Waals surface area contributed by atoms with Crippen LogP contribution in [0.4, 0.5) is 0 Å². The average molecular weight is 182 g/mol. The van der Waals surface area contributed by atoms with E-state index in [1.165, 1.54) is 0 Å². The van der Waals surface area contributed by atoms with Crippen LogP contribution in [0.1, 0.15) is 41.5 Å². The molecular weight excluding hydrogens is 162 g/mol. The first-order valence-electron chi connectivity index (χ1n) is 3.99. The van der Waals surface area contributed by atoms with Gasteiger partial charge in [0, 0.05) is 11.2 Å². The predicted octanol–water partition coefficient (Wildman–Crippen LogP) is 1.23. The number of hydrogen-bond donors (Lipinski definition) is 0. The quantitative estimate of drug-likeness (QED) is 0.598. The third-order valence-electron chi connectivity index (χ3n) is 0.984. The molecule has 0 radical (unpaired) electrons. The van der Waals surface area contributed by atoms with Gasteiger partial charge in [0.2, 0.25) is 0 Å². The molecule has 0 N–H and O–H groups in total. The van der Waals surface area contributed by atoms with Gasteiger partial charge in [0.1, 0.15) is 0 Å². The van der Waals surface area contributed by atoms with E-state index in [2.05, 4.69) is 0 Å². The van der Waals surface area contributed by atoms with Gasteiger partial charge in [0.15, 0.2) is 0 Å². The molecule has 12 heavy (non-hydrogen) atoms. The van der Waals surface area contributed by atoms with Gasteiger partial charge in [-0.2, -0.15) is 0 Å². The fourth-order valence-corrected chi connectivity index (χ4v) is 1.15. The van der Waals surface area contributed by atoms with Crippen molar-refractivity contribution in [3.63, 3.8) is 0 Å². The molecule has 0 atom stereocenters. The van der Waals surface area contributed by atoms with E-state index in [-0.39, 0.29) is 30.1 Å². The van der Waals surface area contributed by atoms with Crippen molar-refractivity contribution in [2.75, 3.05) is 0 Å². The van der Waals surface area contributed by atoms with Crippen molar-refractivity contribution in [2.24, 2.45) is 0 Å². The Hall–Kier alpha value is 1.05. The fourth-order valence-electron chi connectivity index (χ4n) is 0.383. The Kier molecular flexibility index (Phi) is 7.39. The Bertz CT molecular complexity index is 101. The van der Waals surface area contributed by atoms with Crippen LogP contribution in [0.2, 0.25) is 0 Å². The summed E-state index contributed by atoms with van der Waals surface area (Å²) in [6.45, 7) is 12.3. The minimum atomic E-state index is -0.797. The van der Waals surface area contributed by atoms with Crippen molar-refractivity contribution in [1.82, 2.24) is 0 Å². The van der Waals surface area contributed by atoms with Crippen molar-refractivity contribution in [3.8, 4) is 0 Å². The zero-order chi connectivity index (χ0) is 9.12. The molecule has 2 nitrogen and oxygen atoms in total. The molecule has 0 bridgehead atoms. The van der Waals surface area contributed by atoms with Crippen LogP contribution in [-0.2, 0) is 7.58 Å². The molecule has 0 aliphatic carbocycles. The third kappa shape index (κ3) is 13.6. The van der Waals surface area contributed by atoms with Gasteiger partial charge in [-0.05, 0) is 41.5 Å². The summed E-state index contributed by atoms with van der Waals surface area (Å²) >= 11 is -0.797. The van der Waals surface area contributed by atoms with E-state index < -0.39 is 15.9 Å². The van der Waals surface area contributed by atoms with Crippen LogP contribution in [0.3, 0.4) is 0 Å². The topological polar surface area (TPSA) is 18.5 Å². The van der Waals surface area contributed by atoms with Crippen LogP contribution in [-0.4, -0.2) is 45.9 Å². The van der Waals surface area contributed by atoms with Gasteiger partial charge in [-0.1, -0.05) is 0 Å². The molecule has 0 saturated carbocycles. The maximum absolute atomic E-state index is 5.52. The molecule has 4 heteroatoms. The van der Waals surface area contributed by atoms with E-state index in [9.17, 15) is 0 Å². The molecule has 0 aliphatic heterocycles. The van der Waals surface area contributed by atoms with Crippen molar-refractivity contribution in [1.29, 1.82) is 0 Å². The van der Waals surface area contributed by atoms with E-state index in [0.29, 0.717) is 0 Å². The SMILES string of the molecule is CC(C)(C)[O][AlH][O]C(C)(C)C.[LiH]. The van der Waals surface area contributed by atoms with Crippen LogP contribution in [0.15, 0.2) is 0 Å². The van der Waals surface area contributed by atoms with Gasteiger partial charge in [-0.15, -0.1) is 0 Å². The first kappa shape index (κ1) is 15.5. The Balaban J connectivity index is 0. The van der Waals surface area contributed by atoms with Crippen LogP contribution in [0, 0.1) is 0 Å². The summed E-state index contributed by atoms with van der Waals surface area (Å²) in [4.78, 5) is 0. The summed E-state index contributed by atoms with van der Waals surface area (Å²) in [7, 11) is 0. The third-order valence-corrected chi connectivity index (χ3v) is 2.95. The Morgan fingerprint density at radius 3 is 1.17 bits per heavy atom. The van der Waals surface area contributed by atoms with E-state index in [4.69, 9.17) is 7.58 Å². The second-order valence-electron chi connectivity index (χ2n) is 4.63. The van der Waals surface area contributed by atoms with Crippen LogP contribution >= 0.6 is 0 Å². The average Bonchev–Trinajstić information content (AvgIpc) is 1.55. The number of hydrogen-bond acceptors (Lipinski definition) is 2. The van der Waals surface area contributed by atoms with Gasteiger partial charge in [0.25, 0.3) is 0 Å². The first-order valence-corrected chi connectivity index (χ1v) is 5.14. The molecule has 0 spiro atoms. The fraction of sp³-hybridized carbons (Fsp3) is 1.00. The van der Waals surface area contributed by atoms with Gasteiger partial charge >= 0.3 is 34.7 Å².